The fraction of sp³-hybridized carbons (Fsp3) is 0.263. The number of aryl methyl sites for hydroxylation is 2. The summed E-state index contributed by atoms with van der Waals surface area (Å²) in [7, 11) is 0. The maximum absolute atomic E-state index is 10.6. The Morgan fingerprint density at radius 1 is 0.800 bits per heavy atom. The lowest BCUT2D eigenvalue weighted by atomic mass is 10.1. The third-order valence-corrected chi connectivity index (χ3v) is 3.60. The fourth-order valence-electron chi connectivity index (χ4n) is 2.28. The third kappa shape index (κ3) is 5.24. The van der Waals surface area contributed by atoms with Gasteiger partial charge in [0, 0.05) is 0 Å². The molecule has 0 saturated heterocycles. The van der Waals surface area contributed by atoms with E-state index in [4.69, 9.17) is 10.2 Å². The van der Waals surface area contributed by atoms with Gasteiger partial charge in [0.25, 0.3) is 0 Å². The average Bonchev–Trinajstić information content (AvgIpc) is 2.57. The predicted octanol–water partition coefficient (Wildman–Crippen LogP) is 3.70. The number of carboxylic acids is 2. The zero-order chi connectivity index (χ0) is 19.0. The molecule has 134 valence electrons. The number of rotatable bonds is 5. The molecule has 2 aromatic carbocycles. The topological polar surface area (TPSA) is 115 Å². The van der Waals surface area contributed by atoms with Crippen molar-refractivity contribution in [2.75, 3.05) is 0 Å². The molecule has 0 bridgehead atoms. The molecule has 0 atom stereocenters. The highest BCUT2D eigenvalue weighted by atomic mass is 16.4. The Morgan fingerprint density at radius 2 is 1.24 bits per heavy atom. The average molecular weight is 346 g/mol. The van der Waals surface area contributed by atoms with Gasteiger partial charge in [0.2, 0.25) is 0 Å². The predicted molar refractivity (Wildman–Crippen MR) is 93.5 cm³/mol. The Bertz CT molecular complexity index is 752. The van der Waals surface area contributed by atoms with Crippen LogP contribution in [0.25, 0.3) is 0 Å². The van der Waals surface area contributed by atoms with Crippen LogP contribution in [0.1, 0.15) is 52.1 Å². The van der Waals surface area contributed by atoms with Crippen molar-refractivity contribution >= 4 is 11.9 Å². The van der Waals surface area contributed by atoms with Gasteiger partial charge >= 0.3 is 11.9 Å². The van der Waals surface area contributed by atoms with Crippen LogP contribution in [0, 0.1) is 0 Å². The largest absolute Gasteiger partial charge is 0.507 e. The highest BCUT2D eigenvalue weighted by molar-refractivity contribution is 5.91. The molecule has 4 N–H and O–H groups in total. The summed E-state index contributed by atoms with van der Waals surface area (Å²) in [6.45, 7) is 3.84. The van der Waals surface area contributed by atoms with E-state index in [1.807, 2.05) is 13.8 Å². The summed E-state index contributed by atoms with van der Waals surface area (Å²) < 4.78 is 0. The van der Waals surface area contributed by atoms with Crippen LogP contribution >= 0.6 is 0 Å². The van der Waals surface area contributed by atoms with Crippen LogP contribution < -0.4 is 0 Å². The molecule has 0 spiro atoms. The van der Waals surface area contributed by atoms with E-state index in [1.54, 1.807) is 24.3 Å². The Hall–Kier alpha value is -3.02. The van der Waals surface area contributed by atoms with E-state index >= 15 is 0 Å². The van der Waals surface area contributed by atoms with E-state index < -0.39 is 11.9 Å². The van der Waals surface area contributed by atoms with E-state index in [0.717, 1.165) is 6.42 Å². The number of carboxylic acid groups (broad SMARTS) is 2. The lowest BCUT2D eigenvalue weighted by Gasteiger charge is -2.04. The van der Waals surface area contributed by atoms with E-state index in [2.05, 4.69) is 0 Å². The van der Waals surface area contributed by atoms with Crippen LogP contribution in [0.4, 0.5) is 0 Å². The van der Waals surface area contributed by atoms with E-state index in [1.165, 1.54) is 12.1 Å². The van der Waals surface area contributed by atoms with Crippen molar-refractivity contribution in [1.29, 1.82) is 0 Å². The first-order chi connectivity index (χ1) is 11.8. The van der Waals surface area contributed by atoms with Gasteiger partial charge in [0.1, 0.15) is 22.6 Å². The molecule has 0 fully saturated rings. The molecular weight excluding hydrogens is 324 g/mol. The molecule has 0 aliphatic heterocycles. The number of aromatic carboxylic acids is 2. The van der Waals surface area contributed by atoms with Crippen molar-refractivity contribution in [3.05, 3.63) is 58.7 Å². The van der Waals surface area contributed by atoms with Gasteiger partial charge in [-0.1, -0.05) is 44.5 Å². The van der Waals surface area contributed by atoms with Crippen LogP contribution in [-0.2, 0) is 12.8 Å². The lowest BCUT2D eigenvalue weighted by molar-refractivity contribution is 0.0682. The van der Waals surface area contributed by atoms with Gasteiger partial charge in [0.05, 0.1) is 0 Å². The Morgan fingerprint density at radius 3 is 1.64 bits per heavy atom. The molecule has 6 heteroatoms. The third-order valence-electron chi connectivity index (χ3n) is 3.60. The number of benzene rings is 2. The van der Waals surface area contributed by atoms with Crippen LogP contribution in [0.5, 0.6) is 11.5 Å². The normalized spacial score (nSPS) is 9.84. The summed E-state index contributed by atoms with van der Waals surface area (Å²) in [5.74, 6) is -2.40. The number of aromatic hydroxyl groups is 2. The molecule has 0 saturated carbocycles. The molecule has 6 nitrogen and oxygen atoms in total. The van der Waals surface area contributed by atoms with Gasteiger partial charge in [-0.05, 0) is 36.1 Å². The summed E-state index contributed by atoms with van der Waals surface area (Å²) in [6, 6.07) is 9.51. The Kier molecular flexibility index (Phi) is 7.46. The number of carbonyl (C=O) groups is 2. The molecule has 2 aromatic rings. The Labute approximate surface area is 146 Å². The summed E-state index contributed by atoms with van der Waals surface area (Å²) in [5.41, 5.74) is 1.30. The van der Waals surface area contributed by atoms with Gasteiger partial charge in [-0.15, -0.1) is 0 Å². The second-order valence-corrected chi connectivity index (χ2v) is 5.34. The summed E-state index contributed by atoms with van der Waals surface area (Å²) in [4.78, 5) is 21.1. The maximum atomic E-state index is 10.6. The van der Waals surface area contributed by atoms with Crippen LogP contribution in [0.2, 0.25) is 0 Å². The second-order valence-electron chi connectivity index (χ2n) is 5.34. The van der Waals surface area contributed by atoms with Crippen molar-refractivity contribution in [3.8, 4) is 11.5 Å². The minimum absolute atomic E-state index is 0.0223. The molecular formula is C19H22O6. The number of hydrogen-bond donors (Lipinski definition) is 4. The summed E-state index contributed by atoms with van der Waals surface area (Å²) >= 11 is 0. The smallest absolute Gasteiger partial charge is 0.339 e. The second kappa shape index (κ2) is 9.32. The summed E-state index contributed by atoms with van der Waals surface area (Å²) in [5, 5.41) is 36.2. The standard InChI is InChI=1S/C10H12O3.C9H10O3/c1-2-4-7-5-3-6-8(9(7)11)10(12)13;1-2-6-4-3-5-7(8(6)10)9(11)12/h3,5-6,11H,2,4H2,1H3,(H,12,13);3-5,10H,2H2,1H3,(H,11,12). The van der Waals surface area contributed by atoms with Crippen molar-refractivity contribution < 1.29 is 30.0 Å². The van der Waals surface area contributed by atoms with Crippen molar-refractivity contribution in [2.24, 2.45) is 0 Å². The highest BCUT2D eigenvalue weighted by Crippen LogP contribution is 2.23. The van der Waals surface area contributed by atoms with Crippen molar-refractivity contribution in [3.63, 3.8) is 0 Å². The first kappa shape index (κ1) is 20.0. The SMILES string of the molecule is CCCc1cccc(C(=O)O)c1O.CCc1cccc(C(=O)O)c1O. The lowest BCUT2D eigenvalue weighted by Crippen LogP contribution is -1.98. The van der Waals surface area contributed by atoms with Gasteiger partial charge in [0.15, 0.2) is 0 Å². The molecule has 0 amide bonds. The quantitative estimate of drug-likeness (QED) is 0.656. The van der Waals surface area contributed by atoms with E-state index in [0.29, 0.717) is 24.0 Å². The number of para-hydroxylation sites is 2. The van der Waals surface area contributed by atoms with E-state index in [9.17, 15) is 19.8 Å². The minimum atomic E-state index is -1.09. The van der Waals surface area contributed by atoms with Crippen LogP contribution in [0.3, 0.4) is 0 Å². The zero-order valence-electron chi connectivity index (χ0n) is 14.2. The molecule has 25 heavy (non-hydrogen) atoms. The zero-order valence-corrected chi connectivity index (χ0v) is 14.2. The molecule has 0 aliphatic carbocycles. The molecule has 0 aliphatic rings. The highest BCUT2D eigenvalue weighted by Gasteiger charge is 2.12. The molecule has 0 heterocycles. The van der Waals surface area contributed by atoms with Crippen molar-refractivity contribution in [1.82, 2.24) is 0 Å². The molecule has 0 radical (unpaired) electrons. The molecule has 0 unspecified atom stereocenters. The Balaban J connectivity index is 0.000000251. The number of phenols is 2. The van der Waals surface area contributed by atoms with Gasteiger partial charge in [-0.25, -0.2) is 9.59 Å². The monoisotopic (exact) mass is 346 g/mol. The van der Waals surface area contributed by atoms with Crippen LogP contribution in [-0.4, -0.2) is 32.4 Å². The van der Waals surface area contributed by atoms with Gasteiger partial charge in [-0.2, -0.15) is 0 Å². The molecule has 0 aromatic heterocycles. The van der Waals surface area contributed by atoms with Crippen LogP contribution in [0.15, 0.2) is 36.4 Å². The minimum Gasteiger partial charge on any atom is -0.507 e. The van der Waals surface area contributed by atoms with Gasteiger partial charge < -0.3 is 20.4 Å². The number of hydrogen-bond acceptors (Lipinski definition) is 4. The first-order valence-corrected chi connectivity index (χ1v) is 7.91. The van der Waals surface area contributed by atoms with Crippen molar-refractivity contribution in [2.45, 2.75) is 33.1 Å². The summed E-state index contributed by atoms with van der Waals surface area (Å²) in [6.07, 6.45) is 2.22. The molecule has 2 rings (SSSR count). The first-order valence-electron chi connectivity index (χ1n) is 7.91. The maximum Gasteiger partial charge on any atom is 0.339 e. The fourth-order valence-corrected chi connectivity index (χ4v) is 2.28. The van der Waals surface area contributed by atoms with Gasteiger partial charge in [-0.3, -0.25) is 0 Å². The van der Waals surface area contributed by atoms with E-state index in [-0.39, 0.29) is 22.6 Å².